The summed E-state index contributed by atoms with van der Waals surface area (Å²) < 4.78 is 25.0. The Morgan fingerprint density at radius 3 is 1.99 bits per heavy atom. The number of nitrogens with one attached hydrogen (secondary N) is 7. The molecular formula is C77H108N12O21. The van der Waals surface area contributed by atoms with Crippen LogP contribution in [0, 0.1) is 17.3 Å². The average molecular weight is 1540 g/mol. The summed E-state index contributed by atoms with van der Waals surface area (Å²) >= 11 is 0. The number of hydrogen-bond donors (Lipinski definition) is 14. The topological polar surface area (TPSA) is 473 Å². The fourth-order valence-electron chi connectivity index (χ4n) is 19.9. The molecule has 0 radical (unpaired) electrons. The summed E-state index contributed by atoms with van der Waals surface area (Å²) in [5, 5.41) is 82.6. The van der Waals surface area contributed by atoms with E-state index in [0.29, 0.717) is 112 Å². The first-order valence-electron chi connectivity index (χ1n) is 38.5. The first-order chi connectivity index (χ1) is 52.6. The van der Waals surface area contributed by atoms with Gasteiger partial charge in [0.2, 0.25) is 52.9 Å². The molecule has 33 nitrogen and oxygen atoms in total. The minimum absolute atomic E-state index is 0.0140. The maximum Gasteiger partial charge on any atom is 0.344 e. The van der Waals surface area contributed by atoms with Crippen LogP contribution in [0.5, 0.6) is 5.75 Å². The molecule has 15 N–H and O–H groups in total. The Hall–Kier alpha value is -8.83. The van der Waals surface area contributed by atoms with Gasteiger partial charge in [0.05, 0.1) is 52.8 Å². The number of aliphatic hydroxyl groups is 6. The summed E-state index contributed by atoms with van der Waals surface area (Å²) in [6.45, 7) is 3.74. The molecule has 17 atom stereocenters. The van der Waals surface area contributed by atoms with Crippen LogP contribution in [-0.4, -0.2) is 281 Å². The number of ether oxygens (including phenoxy) is 4. The number of aromatic amines is 1. The van der Waals surface area contributed by atoms with Gasteiger partial charge in [-0.15, -0.1) is 0 Å². The first-order valence-corrected chi connectivity index (χ1v) is 38.5. The number of likely N-dealkylation sites (tertiary alicyclic amines) is 1. The summed E-state index contributed by atoms with van der Waals surface area (Å²) in [5.74, 6) is -11.2. The van der Waals surface area contributed by atoms with Crippen LogP contribution in [0.4, 0.5) is 5.69 Å². The maximum atomic E-state index is 15.8. The molecule has 2 bridgehead atoms. The third-order valence-corrected chi connectivity index (χ3v) is 25.0. The van der Waals surface area contributed by atoms with E-state index < -0.39 is 198 Å². The zero-order chi connectivity index (χ0) is 79.5. The molecule has 1 aromatic heterocycles. The zero-order valence-corrected chi connectivity index (χ0v) is 63.6. The number of benzene rings is 2. The van der Waals surface area contributed by atoms with Crippen molar-refractivity contribution in [3.8, 4) is 5.75 Å². The monoisotopic (exact) mass is 1540 g/mol. The van der Waals surface area contributed by atoms with Crippen LogP contribution in [0.25, 0.3) is 10.9 Å². The Kier molecular flexibility index (Phi) is 25.1. The van der Waals surface area contributed by atoms with Gasteiger partial charge in [0.25, 0.3) is 0 Å². The van der Waals surface area contributed by atoms with Gasteiger partial charge in [-0.25, -0.2) is 9.59 Å². The molecule has 110 heavy (non-hydrogen) atoms. The lowest BCUT2D eigenvalue weighted by Gasteiger charge is -2.63. The van der Waals surface area contributed by atoms with Gasteiger partial charge in [-0.05, 0) is 119 Å². The number of fused-ring (bicyclic) bond motifs is 6. The van der Waals surface area contributed by atoms with Crippen molar-refractivity contribution >= 4 is 81.8 Å². The number of anilines is 1. The third kappa shape index (κ3) is 14.8. The van der Waals surface area contributed by atoms with Gasteiger partial charge in [0.1, 0.15) is 60.1 Å². The van der Waals surface area contributed by atoms with Crippen molar-refractivity contribution in [2.24, 2.45) is 23.0 Å². The highest BCUT2D eigenvalue weighted by Crippen LogP contribution is 2.68. The van der Waals surface area contributed by atoms with Crippen LogP contribution < -0.4 is 47.3 Å². The Balaban J connectivity index is 0.877. The van der Waals surface area contributed by atoms with Crippen molar-refractivity contribution in [2.75, 3.05) is 99.0 Å². The molecule has 3 aromatic rings. The molecule has 5 fully saturated rings. The fourth-order valence-corrected chi connectivity index (χ4v) is 19.9. The fraction of sp³-hybridized carbons (Fsp3) is 0.649. The van der Waals surface area contributed by atoms with Crippen molar-refractivity contribution in [3.05, 3.63) is 70.9 Å². The molecular weight excluding hydrogens is 1430 g/mol. The van der Waals surface area contributed by atoms with Crippen LogP contribution in [0.1, 0.15) is 139 Å². The molecule has 8 aliphatic rings. The molecule has 6 aliphatic heterocycles. The molecule has 2 aromatic carbocycles. The van der Waals surface area contributed by atoms with Gasteiger partial charge in [-0.3, -0.25) is 53.0 Å². The summed E-state index contributed by atoms with van der Waals surface area (Å²) in [6, 6.07) is -1.32. The van der Waals surface area contributed by atoms with E-state index in [1.54, 1.807) is 7.05 Å². The standard InChI is InChI=1S/C77H108N12O21/c1-8-48(79-58(95)40-93)61(96)82-51(37-90)63(98)83-52(38-91)64(99)85-59(43-18-12-11-13-19-43)65(100)81-50(23-24-57(78)94)62(97)84-53(39-92)66(101)89-29-16-22-54(89)67(102)110-70-74(10-3)26-17-28-88-31-27-75(68(74)88)46-32-47(56(107-5)33-55(46)86(4)69(75)77(70,106)72(104)109-7)76(71(103)108-6)35-42-34-73(105,9-2)41-87(36-42)30-25-45-44-20-14-15-21-49(44)80-60(45)76/h14-15,17,20-21,26,32-33,42-43,48,50-54,59,68-70,80,90-93,105-106H,8-13,16,18-19,22-25,27-31,34-41H2,1-7H3,(H2,78,94)(H,79,95)(H,81,100)(H,82,96)(H,83,98)(H,84,97)(H,85,99)/t42?,48-,50-,51-,52-,53-,54-,59?,68?,69?,70+,73-,74+,75?,76-,77-/m0/s1. The highest BCUT2D eigenvalue weighted by molar-refractivity contribution is 5.99. The van der Waals surface area contributed by atoms with Crippen LogP contribution in [0.3, 0.4) is 0 Å². The number of nitrogens with zero attached hydrogens (tertiary/aromatic N) is 4. The van der Waals surface area contributed by atoms with Crippen molar-refractivity contribution in [1.82, 2.24) is 51.6 Å². The number of piperidine rings is 1. The van der Waals surface area contributed by atoms with Crippen LogP contribution in [-0.2, 0) is 84.2 Å². The summed E-state index contributed by atoms with van der Waals surface area (Å²) in [5.41, 5.74) is 1.61. The average Bonchev–Trinajstić information content (AvgIpc) is 1.46. The Bertz CT molecular complexity index is 4040. The molecule has 11 rings (SSSR count). The number of amides is 8. The second kappa shape index (κ2) is 33.6. The van der Waals surface area contributed by atoms with Crippen LogP contribution >= 0.6 is 0 Å². The van der Waals surface area contributed by atoms with Crippen molar-refractivity contribution in [2.45, 2.75) is 206 Å². The first kappa shape index (κ1) is 82.1. The van der Waals surface area contributed by atoms with E-state index >= 15 is 19.2 Å². The van der Waals surface area contributed by atoms with E-state index in [0.717, 1.165) is 34.9 Å². The molecule has 33 heteroatoms. The normalized spacial score (nSPS) is 29.1. The quantitative estimate of drug-likeness (QED) is 0.0205. The molecule has 6 unspecified atom stereocenters. The van der Waals surface area contributed by atoms with Crippen molar-refractivity contribution in [1.29, 1.82) is 0 Å². The number of likely N-dealkylation sites (N-methyl/N-ethyl adjacent to an activating group) is 1. The van der Waals surface area contributed by atoms with Crippen molar-refractivity contribution < 1.29 is 102 Å². The zero-order valence-electron chi connectivity index (χ0n) is 63.6. The van der Waals surface area contributed by atoms with Crippen LogP contribution in [0.15, 0.2) is 48.6 Å². The van der Waals surface area contributed by atoms with E-state index in [4.69, 9.17) is 29.8 Å². The second-order valence-corrected chi connectivity index (χ2v) is 31.1. The number of aromatic nitrogens is 1. The highest BCUT2D eigenvalue weighted by Gasteiger charge is 2.81. The molecule has 1 spiro atoms. The Morgan fingerprint density at radius 2 is 1.35 bits per heavy atom. The summed E-state index contributed by atoms with van der Waals surface area (Å²) in [6.07, 6.45) is 6.23. The summed E-state index contributed by atoms with van der Waals surface area (Å²) in [7, 11) is 5.76. The number of aliphatic hydroxyl groups excluding tert-OH is 4. The lowest BCUT2D eigenvalue weighted by atomic mass is 9.47. The molecule has 8 amide bonds. The van der Waals surface area contributed by atoms with E-state index in [2.05, 4.69) is 46.7 Å². The SMILES string of the molecule is CC[C@H](NC(=O)CO)C(=O)N[C@@H](CO)C(=O)N[C@@H](CO)C(=O)NC(C(=O)N[C@@H](CCC(N)=O)C(=O)N[C@@H](CO)C(=O)N1CCC[C@H]1C(=O)O[C@@H]1[C@]2(CC)C=CCN3CCC4(c5cc([C@@]6(C(=O)OC)CC7CN(CCc8c6[nH]c6ccccc86)C[C@](O)(CC)C7)c(OC)cc5N(C)C4[C@@]1(O)C(=O)OC)C32)C1CCCCC1. The number of carbonyl (C=O) groups is 11. The number of rotatable bonds is 29. The molecule has 7 heterocycles. The number of para-hydroxylation sites is 1. The smallest absolute Gasteiger partial charge is 0.344 e. The Morgan fingerprint density at radius 1 is 0.700 bits per heavy atom. The van der Waals surface area contributed by atoms with E-state index in [1.165, 1.54) is 21.1 Å². The largest absolute Gasteiger partial charge is 0.496 e. The lowest BCUT2D eigenvalue weighted by Crippen LogP contribution is -2.81. The maximum absolute atomic E-state index is 15.8. The minimum Gasteiger partial charge on any atom is -0.496 e. The molecule has 2 saturated carbocycles. The number of hydrogen-bond acceptors (Lipinski definition) is 24. The van der Waals surface area contributed by atoms with Gasteiger partial charge in [0, 0.05) is 97.0 Å². The van der Waals surface area contributed by atoms with Gasteiger partial charge in [0.15, 0.2) is 6.10 Å². The predicted molar refractivity (Wildman–Crippen MR) is 395 cm³/mol. The number of carbonyl (C=O) groups excluding carboxylic acids is 11. The van der Waals surface area contributed by atoms with E-state index in [-0.39, 0.29) is 44.6 Å². The summed E-state index contributed by atoms with van der Waals surface area (Å²) in [4.78, 5) is 167. The highest BCUT2D eigenvalue weighted by atomic mass is 16.6. The second-order valence-electron chi connectivity index (χ2n) is 31.1. The van der Waals surface area contributed by atoms with E-state index in [1.807, 2.05) is 67.3 Å². The molecule has 602 valence electrons. The third-order valence-electron chi connectivity index (χ3n) is 25.0. The lowest BCUT2D eigenvalue weighted by molar-refractivity contribution is -0.231. The Labute approximate surface area is 637 Å². The van der Waals surface area contributed by atoms with Gasteiger partial charge in [-0.2, -0.15) is 0 Å². The minimum atomic E-state index is -2.73. The van der Waals surface area contributed by atoms with E-state index in [9.17, 15) is 59.1 Å². The number of H-pyrrole nitrogens is 1. The predicted octanol–water partition coefficient (Wildman–Crippen LogP) is -1.90. The number of primary amides is 1. The number of methoxy groups -OCH3 is 3. The van der Waals surface area contributed by atoms with Gasteiger partial charge >= 0.3 is 17.9 Å². The number of nitrogens with two attached hydrogens (primary N) is 1. The van der Waals surface area contributed by atoms with Gasteiger partial charge < -0.3 is 102 Å². The van der Waals surface area contributed by atoms with Crippen LogP contribution in [0.2, 0.25) is 0 Å². The number of esters is 3. The van der Waals surface area contributed by atoms with Crippen molar-refractivity contribution in [3.63, 3.8) is 0 Å². The molecule has 3 saturated heterocycles. The molecule has 2 aliphatic carbocycles. The van der Waals surface area contributed by atoms with Gasteiger partial charge in [-0.1, -0.05) is 70.4 Å².